The van der Waals surface area contributed by atoms with Crippen molar-refractivity contribution in [2.45, 2.75) is 46.5 Å². The highest BCUT2D eigenvalue weighted by Crippen LogP contribution is 2.33. The van der Waals surface area contributed by atoms with Gasteiger partial charge in [-0.3, -0.25) is 0 Å². The molecule has 1 amide bonds. The molecule has 1 saturated heterocycles. The highest BCUT2D eigenvalue weighted by Gasteiger charge is 2.35. The molecule has 1 aliphatic rings. The average Bonchev–Trinajstić information content (AvgIpc) is 2.84. The van der Waals surface area contributed by atoms with Gasteiger partial charge in [-0.25, -0.2) is 30.7 Å². The molecule has 0 spiro atoms. The van der Waals surface area contributed by atoms with Crippen molar-refractivity contribution in [2.24, 2.45) is 0 Å². The summed E-state index contributed by atoms with van der Waals surface area (Å²) < 4.78 is 68.8. The van der Waals surface area contributed by atoms with Crippen molar-refractivity contribution in [1.29, 1.82) is 0 Å². The number of likely N-dealkylation sites (tertiary alicyclic amines) is 1. The number of hydrogen-bond donors (Lipinski definition) is 2. The van der Waals surface area contributed by atoms with Crippen molar-refractivity contribution >= 4 is 26.0 Å². The quantitative estimate of drug-likeness (QED) is 0.493. The summed E-state index contributed by atoms with van der Waals surface area (Å²) in [5, 5.41) is 9.61. The van der Waals surface area contributed by atoms with Crippen molar-refractivity contribution in [3.63, 3.8) is 0 Å². The Morgan fingerprint density at radius 2 is 1.64 bits per heavy atom. The fourth-order valence-corrected chi connectivity index (χ4v) is 7.29. The summed E-state index contributed by atoms with van der Waals surface area (Å²) in [6.07, 6.45) is -0.789. The van der Waals surface area contributed by atoms with Gasteiger partial charge in [-0.1, -0.05) is 36.4 Å². The van der Waals surface area contributed by atoms with Crippen LogP contribution in [-0.4, -0.2) is 45.5 Å². The van der Waals surface area contributed by atoms with Gasteiger partial charge in [0, 0.05) is 12.6 Å². The lowest BCUT2D eigenvalue weighted by Gasteiger charge is -2.38. The maximum atomic E-state index is 13.4. The molecular weight excluding hydrogens is 507 g/mol. The third-order valence-electron chi connectivity index (χ3n) is 6.24. The predicted molar refractivity (Wildman–Crippen MR) is 130 cm³/mol. The Kier molecular flexibility index (Phi) is 7.17. The van der Waals surface area contributed by atoms with Gasteiger partial charge in [-0.05, 0) is 67.3 Å². The summed E-state index contributed by atoms with van der Waals surface area (Å²) in [6.45, 7) is 1.65. The molecule has 1 aliphatic heterocycles. The first kappa shape index (κ1) is 25.8. The molecule has 190 valence electrons. The molecule has 1 fully saturated rings. The molecule has 0 radical (unpaired) electrons. The monoisotopic (exact) mass is 532 g/mol. The summed E-state index contributed by atoms with van der Waals surface area (Å²) in [7, 11) is -8.08. The van der Waals surface area contributed by atoms with Gasteiger partial charge < -0.3 is 10.0 Å². The summed E-state index contributed by atoms with van der Waals surface area (Å²) in [5.41, 5.74) is 0.919. The average molecular weight is 533 g/mol. The number of piperidine rings is 1. The second kappa shape index (κ2) is 10.00. The number of sulfonamides is 1. The molecular formula is C25H25FN2O6S2. The Morgan fingerprint density at radius 3 is 2.28 bits per heavy atom. The number of nitrogens with zero attached hydrogens (tertiary/aromatic N) is 1. The van der Waals surface area contributed by atoms with Crippen LogP contribution in [0.2, 0.25) is 0 Å². The number of halogens is 1. The molecule has 0 aromatic heterocycles. The van der Waals surface area contributed by atoms with Crippen LogP contribution in [0.1, 0.15) is 30.0 Å². The summed E-state index contributed by atoms with van der Waals surface area (Å²) in [6, 6.07) is 15.8. The van der Waals surface area contributed by atoms with E-state index in [1.807, 2.05) is 0 Å². The number of sulfone groups is 1. The molecule has 0 bridgehead atoms. The van der Waals surface area contributed by atoms with Gasteiger partial charge in [0.1, 0.15) is 5.82 Å². The van der Waals surface area contributed by atoms with Gasteiger partial charge in [-0.2, -0.15) is 0 Å². The molecule has 8 nitrogen and oxygen atoms in total. The van der Waals surface area contributed by atoms with Gasteiger partial charge in [0.25, 0.3) is 0 Å². The molecule has 3 aromatic rings. The molecule has 0 aliphatic carbocycles. The smallest absolute Gasteiger partial charge is 0.407 e. The Labute approximate surface area is 209 Å². The van der Waals surface area contributed by atoms with Crippen LogP contribution < -0.4 is 4.72 Å². The van der Waals surface area contributed by atoms with E-state index in [4.69, 9.17) is 0 Å². The lowest BCUT2D eigenvalue weighted by Crippen LogP contribution is -2.47. The zero-order chi connectivity index (χ0) is 26.1. The number of nitrogens with one attached hydrogen (secondary N) is 1. The van der Waals surface area contributed by atoms with Crippen LogP contribution in [-0.2, 0) is 19.9 Å². The first-order valence-electron chi connectivity index (χ1n) is 11.2. The molecule has 1 heterocycles. The predicted octanol–water partition coefficient (Wildman–Crippen LogP) is 4.13. The topological polar surface area (TPSA) is 121 Å². The first-order valence-corrected chi connectivity index (χ1v) is 14.1. The van der Waals surface area contributed by atoms with Crippen molar-refractivity contribution < 1.29 is 31.1 Å². The van der Waals surface area contributed by atoms with Crippen molar-refractivity contribution in [1.82, 2.24) is 9.62 Å². The normalized spacial score (nSPS) is 18.7. The van der Waals surface area contributed by atoms with Gasteiger partial charge in [0.2, 0.25) is 19.9 Å². The van der Waals surface area contributed by atoms with Gasteiger partial charge in [-0.15, -0.1) is 0 Å². The highest BCUT2D eigenvalue weighted by atomic mass is 32.2. The van der Waals surface area contributed by atoms with Crippen LogP contribution >= 0.6 is 0 Å². The number of carboxylic acid groups (broad SMARTS) is 1. The maximum absolute atomic E-state index is 13.4. The largest absolute Gasteiger partial charge is 0.465 e. The second-order valence-corrected chi connectivity index (χ2v) is 12.3. The van der Waals surface area contributed by atoms with E-state index >= 15 is 0 Å². The van der Waals surface area contributed by atoms with Crippen molar-refractivity contribution in [2.75, 3.05) is 6.54 Å². The Hall–Kier alpha value is -3.28. The van der Waals surface area contributed by atoms with Crippen LogP contribution in [0.4, 0.5) is 9.18 Å². The van der Waals surface area contributed by atoms with E-state index in [-0.39, 0.29) is 34.1 Å². The first-order chi connectivity index (χ1) is 17.0. The third-order valence-corrected chi connectivity index (χ3v) is 9.67. The minimum absolute atomic E-state index is 0.0494. The molecule has 11 heteroatoms. The van der Waals surface area contributed by atoms with Gasteiger partial charge >= 0.3 is 6.09 Å². The number of hydrogen-bond acceptors (Lipinski definition) is 5. The lowest BCUT2D eigenvalue weighted by atomic mass is 9.92. The summed E-state index contributed by atoms with van der Waals surface area (Å²) >= 11 is 0. The number of aryl methyl sites for hydroxylation is 1. The van der Waals surface area contributed by atoms with Crippen LogP contribution in [0.15, 0.2) is 87.5 Å². The standard InChI is InChI=1S/C25H25FN2O6S2/c1-17-7-12-22(35(31,32)21-5-3-2-4-6-21)16-24(17)36(33,34)27-20-13-14-28(25(29)30)23(15-20)18-8-10-19(26)11-9-18/h2-12,16,20,23,27H,13-15H2,1H3,(H,29,30). The second-order valence-electron chi connectivity index (χ2n) is 8.63. The summed E-state index contributed by atoms with van der Waals surface area (Å²) in [5.74, 6) is -0.463. The fourth-order valence-electron chi connectivity index (χ4n) is 4.36. The molecule has 2 atom stereocenters. The Morgan fingerprint density at radius 1 is 0.972 bits per heavy atom. The zero-order valence-electron chi connectivity index (χ0n) is 19.3. The SMILES string of the molecule is Cc1ccc(S(=O)(=O)c2ccccc2)cc1S(=O)(=O)NC1CCN(C(=O)O)C(c2ccc(F)cc2)C1. The maximum Gasteiger partial charge on any atom is 0.407 e. The van der Waals surface area contributed by atoms with Crippen LogP contribution in [0.5, 0.6) is 0 Å². The van der Waals surface area contributed by atoms with Crippen LogP contribution in [0.25, 0.3) is 0 Å². The Balaban J connectivity index is 1.62. The highest BCUT2D eigenvalue weighted by molar-refractivity contribution is 7.91. The van der Waals surface area contributed by atoms with E-state index in [1.54, 1.807) is 25.1 Å². The lowest BCUT2D eigenvalue weighted by molar-refractivity contribution is 0.0994. The van der Waals surface area contributed by atoms with E-state index < -0.39 is 43.9 Å². The molecule has 36 heavy (non-hydrogen) atoms. The molecule has 2 N–H and O–H groups in total. The van der Waals surface area contributed by atoms with E-state index in [0.717, 1.165) is 6.07 Å². The number of benzene rings is 3. The molecule has 4 rings (SSSR count). The van der Waals surface area contributed by atoms with E-state index in [1.165, 1.54) is 53.4 Å². The minimum Gasteiger partial charge on any atom is -0.465 e. The zero-order valence-corrected chi connectivity index (χ0v) is 21.0. The summed E-state index contributed by atoms with van der Waals surface area (Å²) in [4.78, 5) is 12.7. The number of carbonyl (C=O) groups is 1. The van der Waals surface area contributed by atoms with Crippen molar-refractivity contribution in [3.8, 4) is 0 Å². The molecule has 2 unspecified atom stereocenters. The Bertz CT molecular complexity index is 1480. The van der Waals surface area contributed by atoms with E-state index in [2.05, 4.69) is 4.72 Å². The van der Waals surface area contributed by atoms with Crippen LogP contribution in [0, 0.1) is 12.7 Å². The molecule has 0 saturated carbocycles. The number of amides is 1. The van der Waals surface area contributed by atoms with E-state index in [0.29, 0.717) is 11.1 Å². The van der Waals surface area contributed by atoms with E-state index in [9.17, 15) is 31.1 Å². The third kappa shape index (κ3) is 5.28. The fraction of sp³-hybridized carbons (Fsp3) is 0.240. The van der Waals surface area contributed by atoms with Gasteiger partial charge in [0.15, 0.2) is 0 Å². The minimum atomic E-state index is -4.15. The number of rotatable bonds is 6. The molecule has 3 aromatic carbocycles. The van der Waals surface area contributed by atoms with Crippen molar-refractivity contribution in [3.05, 3.63) is 89.7 Å². The van der Waals surface area contributed by atoms with Crippen LogP contribution in [0.3, 0.4) is 0 Å². The van der Waals surface area contributed by atoms with Gasteiger partial charge in [0.05, 0.1) is 20.7 Å².